The molecule has 1 saturated carbocycles. The highest BCUT2D eigenvalue weighted by Gasteiger charge is 2.30. The summed E-state index contributed by atoms with van der Waals surface area (Å²) in [6.07, 6.45) is 3.17. The summed E-state index contributed by atoms with van der Waals surface area (Å²) in [7, 11) is 0.0936. The van der Waals surface area contributed by atoms with E-state index in [1.54, 1.807) is 50.2 Å². The van der Waals surface area contributed by atoms with Crippen LogP contribution in [0.1, 0.15) is 48.2 Å². The lowest BCUT2D eigenvalue weighted by molar-refractivity contribution is 0.0948. The second-order valence-electron chi connectivity index (χ2n) is 8.51. The van der Waals surface area contributed by atoms with Crippen LogP contribution in [0.5, 0.6) is 11.5 Å². The van der Waals surface area contributed by atoms with Crippen LogP contribution in [0.15, 0.2) is 51.6 Å². The zero-order valence-electron chi connectivity index (χ0n) is 21.8. The molecule has 1 amide bonds. The third-order valence-electron chi connectivity index (χ3n) is 5.55. The Bertz CT molecular complexity index is 1460. The number of pyridine rings is 1. The molecule has 37 heavy (non-hydrogen) atoms. The maximum absolute atomic E-state index is 14.7. The van der Waals surface area contributed by atoms with E-state index >= 15 is 0 Å². The number of aromatic nitrogens is 1. The van der Waals surface area contributed by atoms with Crippen molar-refractivity contribution in [3.8, 4) is 11.5 Å². The molecule has 1 aliphatic rings. The van der Waals surface area contributed by atoms with Gasteiger partial charge < -0.3 is 23.9 Å². The second kappa shape index (κ2) is 12.1. The van der Waals surface area contributed by atoms with Crippen molar-refractivity contribution in [2.45, 2.75) is 46.6 Å². The predicted octanol–water partition coefficient (Wildman–Crippen LogP) is 6.00. The van der Waals surface area contributed by atoms with Gasteiger partial charge in [0, 0.05) is 24.8 Å². The minimum atomic E-state index is -1.42. The summed E-state index contributed by atoms with van der Waals surface area (Å²) in [6, 6.07) is 11.2. The number of nitrogens with zero attached hydrogens (tertiary/aromatic N) is 2. The zero-order valence-corrected chi connectivity index (χ0v) is 22.7. The molecule has 1 aliphatic carbocycles. The molecular formula is C27H32FN4O4S-. The van der Waals surface area contributed by atoms with E-state index in [9.17, 15) is 18.2 Å². The van der Waals surface area contributed by atoms with Crippen molar-refractivity contribution in [1.82, 2.24) is 9.88 Å². The molecular weight excluding hydrogens is 495 g/mol. The number of aryl methyl sites for hydroxylation is 1. The van der Waals surface area contributed by atoms with Gasteiger partial charge in [-0.25, -0.2) is 4.39 Å². The number of benzene rings is 2. The minimum Gasteiger partial charge on any atom is -0.456 e. The molecule has 2 N–H and O–H groups in total. The van der Waals surface area contributed by atoms with Gasteiger partial charge in [0.2, 0.25) is 0 Å². The van der Waals surface area contributed by atoms with Crippen LogP contribution in [-0.4, -0.2) is 22.8 Å². The van der Waals surface area contributed by atoms with Gasteiger partial charge in [-0.15, -0.1) is 6.26 Å². The Morgan fingerprint density at radius 2 is 1.86 bits per heavy atom. The van der Waals surface area contributed by atoms with Crippen LogP contribution < -0.4 is 20.9 Å². The first-order valence-corrected chi connectivity index (χ1v) is 13.6. The molecule has 0 bridgehead atoms. The number of nitrogens with one attached hydrogen (secondary N) is 2. The predicted molar refractivity (Wildman–Crippen MR) is 145 cm³/mol. The van der Waals surface area contributed by atoms with E-state index in [1.807, 2.05) is 13.8 Å². The molecule has 0 spiro atoms. The molecule has 1 fully saturated rings. The highest BCUT2D eigenvalue weighted by molar-refractivity contribution is 7.74. The number of ether oxygens (including phenoxy) is 1. The van der Waals surface area contributed by atoms with Gasteiger partial charge in [0.25, 0.3) is 11.5 Å². The monoisotopic (exact) mass is 527 g/mol. The maximum Gasteiger partial charge on any atom is 0.259 e. The Balaban J connectivity index is 0.00000186. The fraction of sp³-hybridized carbons (Fsp3) is 0.333. The minimum absolute atomic E-state index is 0.0403. The molecule has 3 aromatic rings. The van der Waals surface area contributed by atoms with Gasteiger partial charge in [0.1, 0.15) is 22.9 Å². The van der Waals surface area contributed by atoms with Crippen molar-refractivity contribution < 1.29 is 18.1 Å². The first kappa shape index (κ1) is 27.9. The Kier molecular flexibility index (Phi) is 9.09. The molecule has 0 saturated heterocycles. The molecule has 0 radical (unpaired) electrons. The zero-order chi connectivity index (χ0) is 27.3. The molecule has 0 atom stereocenters. The molecule has 10 heteroatoms. The fourth-order valence-electron chi connectivity index (χ4n) is 3.60. The molecule has 1 aromatic heterocycles. The Morgan fingerprint density at radius 1 is 1.16 bits per heavy atom. The SMILES string of the molecule is CC.Cc1ccc(Nc2c(C(=O)NC3CC3)c(Oc3cccc(N=[S-](C)=O)c3)c(C)c(=O)n2C)c(F)c1. The van der Waals surface area contributed by atoms with Crippen LogP contribution in [-0.2, 0) is 21.9 Å². The quantitative estimate of drug-likeness (QED) is 0.367. The third-order valence-corrected chi connectivity index (χ3v) is 6.02. The standard InChI is InChI=1S/C25H26FN4O4S.C2H6/c1-14-8-11-20(19(26)12-14)28-23-21(24(31)27-16-9-10-16)22(15(2)25(32)30(23)3)34-18-7-5-6-17(13-18)29-35(4)33;1-2/h5-8,11-13,16,28H,9-10H2,1-4H3,(H,27,31);1-2H3/q-1;. The van der Waals surface area contributed by atoms with Gasteiger partial charge in [-0.3, -0.25) is 14.2 Å². The van der Waals surface area contributed by atoms with Gasteiger partial charge in [-0.2, -0.15) is 10.6 Å². The second-order valence-corrected chi connectivity index (χ2v) is 9.54. The van der Waals surface area contributed by atoms with Crippen LogP contribution in [0.3, 0.4) is 0 Å². The Morgan fingerprint density at radius 3 is 2.49 bits per heavy atom. The fourth-order valence-corrected chi connectivity index (χ4v) is 4.01. The van der Waals surface area contributed by atoms with Crippen LogP contribution in [0.2, 0.25) is 0 Å². The maximum atomic E-state index is 14.7. The van der Waals surface area contributed by atoms with E-state index in [-0.39, 0.29) is 34.4 Å². The summed E-state index contributed by atoms with van der Waals surface area (Å²) in [6.45, 7) is 7.33. The number of carbonyl (C=O) groups excluding carboxylic acids is 1. The molecule has 198 valence electrons. The molecule has 4 rings (SSSR count). The number of hydrogen-bond donors (Lipinski definition) is 2. The van der Waals surface area contributed by atoms with E-state index in [1.165, 1.54) is 23.9 Å². The van der Waals surface area contributed by atoms with E-state index in [4.69, 9.17) is 4.74 Å². The van der Waals surface area contributed by atoms with Gasteiger partial charge in [0.15, 0.2) is 5.75 Å². The first-order chi connectivity index (χ1) is 17.6. The topological polar surface area (TPSA) is 102 Å². The van der Waals surface area contributed by atoms with Gasteiger partial charge >= 0.3 is 0 Å². The van der Waals surface area contributed by atoms with Crippen LogP contribution >= 0.6 is 0 Å². The largest absolute Gasteiger partial charge is 0.456 e. The molecule has 1 heterocycles. The van der Waals surface area contributed by atoms with E-state index in [0.717, 1.165) is 18.4 Å². The number of hydrogen-bond acceptors (Lipinski definition) is 7. The van der Waals surface area contributed by atoms with E-state index < -0.39 is 27.9 Å². The molecule has 8 nitrogen and oxygen atoms in total. The van der Waals surface area contributed by atoms with E-state index in [0.29, 0.717) is 11.4 Å². The van der Waals surface area contributed by atoms with Gasteiger partial charge in [-0.1, -0.05) is 26.0 Å². The summed E-state index contributed by atoms with van der Waals surface area (Å²) in [5, 5.41) is 5.86. The Labute approximate surface area is 218 Å². The van der Waals surface area contributed by atoms with Crippen LogP contribution in [0.4, 0.5) is 21.6 Å². The summed E-state index contributed by atoms with van der Waals surface area (Å²) in [5.41, 5.74) is 1.16. The normalized spacial score (nSPS) is 13.4. The van der Waals surface area contributed by atoms with Crippen LogP contribution in [0, 0.1) is 19.7 Å². The summed E-state index contributed by atoms with van der Waals surface area (Å²) in [4.78, 5) is 26.5. The highest BCUT2D eigenvalue weighted by Crippen LogP contribution is 2.35. The van der Waals surface area contributed by atoms with Crippen molar-refractivity contribution in [2.75, 3.05) is 11.6 Å². The van der Waals surface area contributed by atoms with Crippen molar-refractivity contribution in [3.05, 3.63) is 75.3 Å². The molecule has 0 aliphatic heterocycles. The number of rotatable bonds is 7. The van der Waals surface area contributed by atoms with Gasteiger partial charge in [-0.05, 0) is 56.5 Å². The molecule has 2 aromatic carbocycles. The van der Waals surface area contributed by atoms with Crippen molar-refractivity contribution in [3.63, 3.8) is 0 Å². The van der Waals surface area contributed by atoms with Crippen molar-refractivity contribution in [1.29, 1.82) is 0 Å². The van der Waals surface area contributed by atoms with E-state index in [2.05, 4.69) is 15.0 Å². The van der Waals surface area contributed by atoms with Crippen LogP contribution in [0.25, 0.3) is 0 Å². The lowest BCUT2D eigenvalue weighted by Gasteiger charge is -2.21. The van der Waals surface area contributed by atoms with Gasteiger partial charge in [0.05, 0.1) is 11.3 Å². The number of amides is 1. The first-order valence-electron chi connectivity index (χ1n) is 12.0. The Hall–Kier alpha value is -3.66. The number of halogens is 1. The highest BCUT2D eigenvalue weighted by atomic mass is 32.2. The number of anilines is 2. The van der Waals surface area contributed by atoms with Crippen molar-refractivity contribution in [2.24, 2.45) is 11.4 Å². The lowest BCUT2D eigenvalue weighted by Crippen LogP contribution is -2.31. The summed E-state index contributed by atoms with van der Waals surface area (Å²) >= 11 is 0. The molecule has 0 unspecified atom stereocenters. The number of carbonyl (C=O) groups is 1. The summed E-state index contributed by atoms with van der Waals surface area (Å²) < 4.78 is 37.5. The summed E-state index contributed by atoms with van der Waals surface area (Å²) in [5.74, 6) is -0.494. The average molecular weight is 528 g/mol. The lowest BCUT2D eigenvalue weighted by atomic mass is 10.1. The average Bonchev–Trinajstić information content (AvgIpc) is 3.67. The smallest absolute Gasteiger partial charge is 0.259 e. The third kappa shape index (κ3) is 6.76. The van der Waals surface area contributed by atoms with Crippen molar-refractivity contribution >= 4 is 33.7 Å².